The Hall–Kier alpha value is -2.28. The fourth-order valence-electron chi connectivity index (χ4n) is 3.52. The molecule has 1 aromatic carbocycles. The summed E-state index contributed by atoms with van der Waals surface area (Å²) in [7, 11) is 0. The lowest BCUT2D eigenvalue weighted by Crippen LogP contribution is -2.20. The number of rotatable bonds is 6. The zero-order valence-electron chi connectivity index (χ0n) is 15.4. The minimum Gasteiger partial charge on any atom is -0.493 e. The normalized spacial score (nSPS) is 18.8. The lowest BCUT2D eigenvalue weighted by molar-refractivity contribution is 0.339. The van der Waals surface area contributed by atoms with Gasteiger partial charge >= 0.3 is 0 Å². The van der Waals surface area contributed by atoms with Crippen LogP contribution in [0.4, 0.5) is 0 Å². The quantitative estimate of drug-likeness (QED) is 0.524. The van der Waals surface area contributed by atoms with Gasteiger partial charge in [-0.2, -0.15) is 0 Å². The molecular formula is C19H25N5OS. The predicted molar refractivity (Wildman–Crippen MR) is 109 cm³/mol. The van der Waals surface area contributed by atoms with Crippen molar-refractivity contribution in [2.24, 2.45) is 0 Å². The Balaban J connectivity index is 2.31. The first kappa shape index (κ1) is 18.5. The number of ether oxygens (including phenoxy) is 1. The van der Waals surface area contributed by atoms with Crippen LogP contribution in [0.15, 0.2) is 11.0 Å². The van der Waals surface area contributed by atoms with E-state index < -0.39 is 0 Å². The zero-order valence-corrected chi connectivity index (χ0v) is 16.2. The van der Waals surface area contributed by atoms with Gasteiger partial charge in [0, 0.05) is 5.56 Å². The van der Waals surface area contributed by atoms with Crippen LogP contribution in [-0.2, 0) is 12.8 Å². The lowest BCUT2D eigenvalue weighted by Gasteiger charge is -2.18. The van der Waals surface area contributed by atoms with Crippen molar-refractivity contribution in [3.63, 3.8) is 0 Å². The molecule has 5 N–H and O–H groups in total. The van der Waals surface area contributed by atoms with Crippen molar-refractivity contribution in [2.45, 2.75) is 46.5 Å². The lowest BCUT2D eigenvalue weighted by atomic mass is 9.90. The van der Waals surface area contributed by atoms with Crippen molar-refractivity contribution in [1.29, 1.82) is 16.2 Å². The predicted octanol–water partition coefficient (Wildman–Crippen LogP) is 3.84. The minimum absolute atomic E-state index is 0.212. The molecule has 2 aliphatic heterocycles. The molecule has 0 saturated carbocycles. The smallest absolute Gasteiger partial charge is 0.164 e. The van der Waals surface area contributed by atoms with Gasteiger partial charge in [-0.15, -0.1) is 0 Å². The molecule has 3 rings (SSSR count). The van der Waals surface area contributed by atoms with Crippen molar-refractivity contribution in [1.82, 2.24) is 10.6 Å². The third kappa shape index (κ3) is 3.11. The van der Waals surface area contributed by atoms with Crippen LogP contribution in [0.3, 0.4) is 0 Å². The van der Waals surface area contributed by atoms with E-state index in [-0.39, 0.29) is 11.0 Å². The van der Waals surface area contributed by atoms with Crippen molar-refractivity contribution in [3.8, 4) is 5.75 Å². The van der Waals surface area contributed by atoms with Gasteiger partial charge in [0.1, 0.15) is 17.4 Å². The first-order valence-electron chi connectivity index (χ1n) is 9.06. The van der Waals surface area contributed by atoms with Gasteiger partial charge in [-0.05, 0) is 48.7 Å². The van der Waals surface area contributed by atoms with Gasteiger partial charge in [0.05, 0.1) is 22.8 Å². The van der Waals surface area contributed by atoms with Gasteiger partial charge in [0.25, 0.3) is 0 Å². The SMILES string of the molecule is CCCc1cc(OCC)c2c(c1CCC)/C(=C1\SC(=N)NC1=N)NC2=N. The summed E-state index contributed by atoms with van der Waals surface area (Å²) in [6.45, 7) is 6.81. The largest absolute Gasteiger partial charge is 0.493 e. The van der Waals surface area contributed by atoms with E-state index in [0.717, 1.165) is 48.3 Å². The molecule has 0 unspecified atom stereocenters. The highest BCUT2D eigenvalue weighted by molar-refractivity contribution is 8.18. The number of benzene rings is 1. The Morgan fingerprint density at radius 1 is 0.962 bits per heavy atom. The molecule has 0 atom stereocenters. The number of hydrogen-bond acceptors (Lipinski definition) is 5. The summed E-state index contributed by atoms with van der Waals surface area (Å²) >= 11 is 1.23. The second-order valence-corrected chi connectivity index (χ2v) is 7.35. The van der Waals surface area contributed by atoms with Crippen molar-refractivity contribution in [2.75, 3.05) is 6.61 Å². The standard InChI is InChI=1S/C19H25N5OS/c1-4-7-10-9-12(25-6-3)14-13(11(10)8-5-2)15(23-17(14)20)16-18(21)24-19(22)26-16/h9H,4-8H2,1-3H3,(H2,20,23)(H3,21,22,24)/b16-15+. The monoisotopic (exact) mass is 371 g/mol. The Kier molecular flexibility index (Phi) is 5.36. The van der Waals surface area contributed by atoms with E-state index >= 15 is 0 Å². The maximum Gasteiger partial charge on any atom is 0.164 e. The van der Waals surface area contributed by atoms with Crippen LogP contribution in [0.1, 0.15) is 55.9 Å². The summed E-state index contributed by atoms with van der Waals surface area (Å²) < 4.78 is 5.88. The molecule has 0 amide bonds. The number of fused-ring (bicyclic) bond motifs is 1. The van der Waals surface area contributed by atoms with Gasteiger partial charge < -0.3 is 15.4 Å². The van der Waals surface area contributed by atoms with Gasteiger partial charge in [0.15, 0.2) is 5.17 Å². The molecule has 0 aromatic heterocycles. The minimum atomic E-state index is 0.212. The van der Waals surface area contributed by atoms with Gasteiger partial charge in [-0.3, -0.25) is 16.2 Å². The molecule has 0 radical (unpaired) electrons. The maximum absolute atomic E-state index is 8.48. The van der Waals surface area contributed by atoms with Crippen LogP contribution in [-0.4, -0.2) is 23.4 Å². The highest BCUT2D eigenvalue weighted by atomic mass is 32.2. The van der Waals surface area contributed by atoms with Crippen molar-refractivity contribution < 1.29 is 4.74 Å². The summed E-state index contributed by atoms with van der Waals surface area (Å²) in [5.74, 6) is 1.25. The van der Waals surface area contributed by atoms with Crippen LogP contribution in [0.25, 0.3) is 5.70 Å². The molecule has 2 aliphatic rings. The third-order valence-corrected chi connectivity index (χ3v) is 5.38. The molecular weight excluding hydrogens is 346 g/mol. The molecule has 1 saturated heterocycles. The molecule has 26 heavy (non-hydrogen) atoms. The summed E-state index contributed by atoms with van der Waals surface area (Å²) in [5, 5.41) is 30.6. The topological polar surface area (TPSA) is 105 Å². The van der Waals surface area contributed by atoms with Crippen LogP contribution < -0.4 is 15.4 Å². The summed E-state index contributed by atoms with van der Waals surface area (Å²) in [5.41, 5.74) is 5.01. The molecule has 138 valence electrons. The van der Waals surface area contributed by atoms with E-state index in [2.05, 4.69) is 30.5 Å². The van der Waals surface area contributed by atoms with Gasteiger partial charge in [-0.25, -0.2) is 0 Å². The number of nitrogens with one attached hydrogen (secondary N) is 5. The number of amidine groups is 3. The van der Waals surface area contributed by atoms with E-state index in [9.17, 15) is 0 Å². The second-order valence-electron chi connectivity index (χ2n) is 6.33. The molecule has 1 aromatic rings. The molecule has 0 aliphatic carbocycles. The average Bonchev–Trinajstić information content (AvgIpc) is 3.10. The number of hydrogen-bond donors (Lipinski definition) is 5. The maximum atomic E-state index is 8.48. The van der Waals surface area contributed by atoms with E-state index in [4.69, 9.17) is 21.0 Å². The van der Waals surface area contributed by atoms with E-state index in [0.29, 0.717) is 17.3 Å². The van der Waals surface area contributed by atoms with Crippen LogP contribution in [0.2, 0.25) is 0 Å². The summed E-state index contributed by atoms with van der Waals surface area (Å²) in [6, 6.07) is 2.09. The van der Waals surface area contributed by atoms with E-state index in [1.165, 1.54) is 22.9 Å². The first-order chi connectivity index (χ1) is 12.5. The molecule has 1 fully saturated rings. The van der Waals surface area contributed by atoms with Crippen LogP contribution >= 0.6 is 11.8 Å². The number of aryl methyl sites for hydroxylation is 1. The molecule has 0 spiro atoms. The van der Waals surface area contributed by atoms with Gasteiger partial charge in [-0.1, -0.05) is 26.7 Å². The van der Waals surface area contributed by atoms with E-state index in [1.807, 2.05) is 6.92 Å². The summed E-state index contributed by atoms with van der Waals surface area (Å²) in [6.07, 6.45) is 3.91. The molecule has 2 heterocycles. The highest BCUT2D eigenvalue weighted by Crippen LogP contribution is 2.42. The Labute approximate surface area is 158 Å². The van der Waals surface area contributed by atoms with E-state index in [1.54, 1.807) is 0 Å². The van der Waals surface area contributed by atoms with Crippen LogP contribution in [0.5, 0.6) is 5.75 Å². The molecule has 0 bridgehead atoms. The van der Waals surface area contributed by atoms with Gasteiger partial charge in [0.2, 0.25) is 0 Å². The highest BCUT2D eigenvalue weighted by Gasteiger charge is 2.35. The fourth-order valence-corrected chi connectivity index (χ4v) is 4.28. The third-order valence-electron chi connectivity index (χ3n) is 4.46. The average molecular weight is 372 g/mol. The zero-order chi connectivity index (χ0) is 18.8. The van der Waals surface area contributed by atoms with Crippen molar-refractivity contribution >= 4 is 34.3 Å². The second kappa shape index (κ2) is 7.53. The number of thioether (sulfide) groups is 1. The van der Waals surface area contributed by atoms with Crippen molar-refractivity contribution in [3.05, 3.63) is 33.2 Å². The Morgan fingerprint density at radius 3 is 2.27 bits per heavy atom. The Morgan fingerprint density at radius 2 is 1.69 bits per heavy atom. The first-order valence-corrected chi connectivity index (χ1v) is 9.87. The van der Waals surface area contributed by atoms with Crippen LogP contribution in [0, 0.1) is 16.2 Å². The molecule has 7 heteroatoms. The summed E-state index contributed by atoms with van der Waals surface area (Å²) in [4.78, 5) is 0.673. The Bertz CT molecular complexity index is 828. The fraction of sp³-hybridized carbons (Fsp3) is 0.421. The molecule has 6 nitrogen and oxygen atoms in total.